The summed E-state index contributed by atoms with van der Waals surface area (Å²) in [4.78, 5) is 35.8. The van der Waals surface area contributed by atoms with Crippen LogP contribution in [0.1, 0.15) is 18.5 Å². The molecule has 1 fully saturated rings. The van der Waals surface area contributed by atoms with E-state index < -0.39 is 11.8 Å². The number of rotatable bonds is 6. The van der Waals surface area contributed by atoms with Crippen LogP contribution >= 0.6 is 0 Å². The number of nitrogens with zero attached hydrogens (tertiary/aromatic N) is 5. The summed E-state index contributed by atoms with van der Waals surface area (Å²) in [5.41, 5.74) is 0.327. The van der Waals surface area contributed by atoms with E-state index in [-0.39, 0.29) is 0 Å². The van der Waals surface area contributed by atoms with E-state index in [1.807, 2.05) is 23.9 Å². The molecular weight excluding hydrogens is 334 g/mol. The molecule has 1 aromatic heterocycles. The lowest BCUT2D eigenvalue weighted by molar-refractivity contribution is -0.139. The van der Waals surface area contributed by atoms with Crippen molar-refractivity contribution in [2.45, 2.75) is 12.8 Å². The van der Waals surface area contributed by atoms with Gasteiger partial charge in [-0.15, -0.1) is 0 Å². The van der Waals surface area contributed by atoms with Crippen molar-refractivity contribution in [2.75, 3.05) is 51.7 Å². The highest BCUT2D eigenvalue weighted by atomic mass is 16.2. The lowest BCUT2D eigenvalue weighted by Crippen LogP contribution is -2.45. The van der Waals surface area contributed by atoms with Gasteiger partial charge in [0, 0.05) is 45.1 Å². The molecule has 1 aliphatic heterocycles. The minimum absolute atomic E-state index is 0.298. The van der Waals surface area contributed by atoms with E-state index in [0.717, 1.165) is 25.9 Å². The van der Waals surface area contributed by atoms with Crippen LogP contribution in [-0.4, -0.2) is 73.5 Å². The average Bonchev–Trinajstić information content (AvgIpc) is 2.66. The molecule has 1 saturated heterocycles. The third kappa shape index (κ3) is 5.67. The van der Waals surface area contributed by atoms with Gasteiger partial charge in [-0.3, -0.25) is 9.59 Å². The first-order valence-electron chi connectivity index (χ1n) is 8.68. The van der Waals surface area contributed by atoms with Gasteiger partial charge in [0.1, 0.15) is 6.07 Å². The molecule has 0 spiro atoms. The second-order valence-corrected chi connectivity index (χ2v) is 6.54. The summed E-state index contributed by atoms with van der Waals surface area (Å²) < 4.78 is 0. The summed E-state index contributed by atoms with van der Waals surface area (Å²) in [6.07, 6.45) is 4.79. The summed E-state index contributed by atoms with van der Waals surface area (Å²) in [7, 11) is 3.80. The van der Waals surface area contributed by atoms with Crippen LogP contribution in [0.25, 0.3) is 0 Å². The Kier molecular flexibility index (Phi) is 7.29. The standard InChI is InChI=1S/C17H25N7O2/c1-23(2)10-7-21-16(25)17(26)22-12-13-3-8-24(9-4-13)15-14(11-18)19-5-6-20-15/h5-6,13H,3-4,7-10,12H2,1-2H3,(H,21,25)(H,22,26). The largest absolute Gasteiger partial charge is 0.354 e. The number of anilines is 1. The van der Waals surface area contributed by atoms with Crippen molar-refractivity contribution >= 4 is 17.6 Å². The minimum atomic E-state index is -0.595. The molecule has 1 aliphatic rings. The van der Waals surface area contributed by atoms with E-state index in [9.17, 15) is 9.59 Å². The second-order valence-electron chi connectivity index (χ2n) is 6.54. The van der Waals surface area contributed by atoms with E-state index in [0.29, 0.717) is 37.1 Å². The van der Waals surface area contributed by atoms with Gasteiger partial charge in [-0.25, -0.2) is 9.97 Å². The predicted molar refractivity (Wildman–Crippen MR) is 96.3 cm³/mol. The maximum Gasteiger partial charge on any atom is 0.309 e. The molecule has 0 radical (unpaired) electrons. The molecule has 2 rings (SSSR count). The second kappa shape index (κ2) is 9.68. The molecule has 2 amide bonds. The fraction of sp³-hybridized carbons (Fsp3) is 0.588. The van der Waals surface area contributed by atoms with Gasteiger partial charge in [0.05, 0.1) is 0 Å². The van der Waals surface area contributed by atoms with Crippen molar-refractivity contribution in [3.05, 3.63) is 18.1 Å². The van der Waals surface area contributed by atoms with Gasteiger partial charge in [-0.1, -0.05) is 0 Å². The van der Waals surface area contributed by atoms with Crippen LogP contribution in [-0.2, 0) is 9.59 Å². The van der Waals surface area contributed by atoms with Crippen LogP contribution in [0.3, 0.4) is 0 Å². The molecule has 2 heterocycles. The zero-order valence-corrected chi connectivity index (χ0v) is 15.2. The van der Waals surface area contributed by atoms with Crippen LogP contribution in [0.4, 0.5) is 5.82 Å². The van der Waals surface area contributed by atoms with Gasteiger partial charge >= 0.3 is 11.8 Å². The number of nitrogens with one attached hydrogen (secondary N) is 2. The predicted octanol–water partition coefficient (Wildman–Crippen LogP) is -0.641. The van der Waals surface area contributed by atoms with Gasteiger partial charge in [-0.2, -0.15) is 5.26 Å². The van der Waals surface area contributed by atoms with Gasteiger partial charge < -0.3 is 20.4 Å². The van der Waals surface area contributed by atoms with Gasteiger partial charge in [0.15, 0.2) is 11.5 Å². The Morgan fingerprint density at radius 1 is 1.23 bits per heavy atom. The summed E-state index contributed by atoms with van der Waals surface area (Å²) in [6.45, 7) is 3.08. The molecule has 9 nitrogen and oxygen atoms in total. The third-order valence-corrected chi connectivity index (χ3v) is 4.30. The Bertz CT molecular complexity index is 663. The van der Waals surface area contributed by atoms with E-state index >= 15 is 0 Å². The molecule has 0 unspecified atom stereocenters. The van der Waals surface area contributed by atoms with Gasteiger partial charge in [-0.05, 0) is 32.9 Å². The summed E-state index contributed by atoms with van der Waals surface area (Å²) in [5.74, 6) is -0.279. The Hall–Kier alpha value is -2.73. The summed E-state index contributed by atoms with van der Waals surface area (Å²) in [6, 6.07) is 2.06. The Morgan fingerprint density at radius 3 is 2.54 bits per heavy atom. The summed E-state index contributed by atoms with van der Waals surface area (Å²) in [5, 5.41) is 14.4. The number of hydrogen-bond acceptors (Lipinski definition) is 7. The highest BCUT2D eigenvalue weighted by Crippen LogP contribution is 2.22. The highest BCUT2D eigenvalue weighted by molar-refractivity contribution is 6.35. The van der Waals surface area contributed by atoms with Gasteiger partial charge in [0.2, 0.25) is 0 Å². The smallest absolute Gasteiger partial charge is 0.309 e. The summed E-state index contributed by atoms with van der Waals surface area (Å²) >= 11 is 0. The topological polar surface area (TPSA) is 114 Å². The Labute approximate surface area is 153 Å². The number of piperidine rings is 1. The SMILES string of the molecule is CN(C)CCNC(=O)C(=O)NCC1CCN(c2nccnc2C#N)CC1. The lowest BCUT2D eigenvalue weighted by Gasteiger charge is -2.32. The van der Waals surface area contributed by atoms with Crippen LogP contribution in [0, 0.1) is 17.2 Å². The maximum absolute atomic E-state index is 11.8. The number of amides is 2. The third-order valence-electron chi connectivity index (χ3n) is 4.30. The first-order chi connectivity index (χ1) is 12.5. The van der Waals surface area contributed by atoms with Gasteiger partial charge in [0.25, 0.3) is 0 Å². The molecule has 140 valence electrons. The molecule has 0 saturated carbocycles. The van der Waals surface area contributed by atoms with E-state index in [4.69, 9.17) is 5.26 Å². The number of likely N-dealkylation sites (N-methyl/N-ethyl adjacent to an activating group) is 1. The number of carbonyl (C=O) groups is 2. The Balaban J connectivity index is 1.73. The molecule has 1 aromatic rings. The molecule has 2 N–H and O–H groups in total. The van der Waals surface area contributed by atoms with E-state index in [1.54, 1.807) is 6.20 Å². The van der Waals surface area contributed by atoms with Crippen LogP contribution in [0.2, 0.25) is 0 Å². The lowest BCUT2D eigenvalue weighted by atomic mass is 9.96. The molecule has 0 atom stereocenters. The Morgan fingerprint density at radius 2 is 1.88 bits per heavy atom. The van der Waals surface area contributed by atoms with Crippen molar-refractivity contribution < 1.29 is 9.59 Å². The zero-order valence-electron chi connectivity index (χ0n) is 15.2. The molecule has 26 heavy (non-hydrogen) atoms. The molecule has 0 aliphatic carbocycles. The van der Waals surface area contributed by atoms with Crippen LogP contribution < -0.4 is 15.5 Å². The average molecular weight is 359 g/mol. The first-order valence-corrected chi connectivity index (χ1v) is 8.68. The van der Waals surface area contributed by atoms with Crippen LogP contribution in [0.5, 0.6) is 0 Å². The van der Waals surface area contributed by atoms with Crippen molar-refractivity contribution in [3.8, 4) is 6.07 Å². The maximum atomic E-state index is 11.8. The van der Waals surface area contributed by atoms with Crippen molar-refractivity contribution in [2.24, 2.45) is 5.92 Å². The van der Waals surface area contributed by atoms with Crippen molar-refractivity contribution in [3.63, 3.8) is 0 Å². The first kappa shape index (κ1) is 19.6. The van der Waals surface area contributed by atoms with Crippen LogP contribution in [0.15, 0.2) is 12.4 Å². The fourth-order valence-corrected chi connectivity index (χ4v) is 2.78. The number of hydrogen-bond donors (Lipinski definition) is 2. The van der Waals surface area contributed by atoms with Crippen molar-refractivity contribution in [1.82, 2.24) is 25.5 Å². The number of carbonyl (C=O) groups excluding carboxylic acids is 2. The molecule has 0 bridgehead atoms. The number of nitriles is 1. The van der Waals surface area contributed by atoms with Crippen molar-refractivity contribution in [1.29, 1.82) is 5.26 Å². The monoisotopic (exact) mass is 359 g/mol. The minimum Gasteiger partial charge on any atom is -0.354 e. The fourth-order valence-electron chi connectivity index (χ4n) is 2.78. The quantitative estimate of drug-likeness (QED) is 0.649. The van der Waals surface area contributed by atoms with E-state index in [1.165, 1.54) is 6.20 Å². The molecule has 9 heteroatoms. The molecule has 0 aromatic carbocycles. The molecular formula is C17H25N7O2. The zero-order chi connectivity index (χ0) is 18.9. The number of aromatic nitrogens is 2. The normalized spacial score (nSPS) is 14.8. The highest BCUT2D eigenvalue weighted by Gasteiger charge is 2.23. The van der Waals surface area contributed by atoms with E-state index in [2.05, 4.69) is 26.7 Å².